The Bertz CT molecular complexity index is 311. The van der Waals surface area contributed by atoms with Crippen LogP contribution in [0.5, 0.6) is 0 Å². The van der Waals surface area contributed by atoms with Crippen LogP contribution in [-0.4, -0.2) is 4.98 Å². The average molecular weight is 149 g/mol. The molecule has 0 radical (unpaired) electrons. The summed E-state index contributed by atoms with van der Waals surface area (Å²) in [7, 11) is 0. The molecule has 1 aromatic rings. The van der Waals surface area contributed by atoms with Crippen LogP contribution in [0.15, 0.2) is 11.6 Å². The summed E-state index contributed by atoms with van der Waals surface area (Å²) in [4.78, 5) is 5.83. The normalized spacial score (nSPS) is 26.8. The Morgan fingerprint density at radius 1 is 1.60 bits per heavy atom. The Kier molecular flexibility index (Phi) is 0.765. The summed E-state index contributed by atoms with van der Waals surface area (Å²) in [6.07, 6.45) is 4.94. The molecular weight excluding hydrogens is 142 g/mol. The molecule has 1 atom stereocenters. The monoisotopic (exact) mass is 149 g/mol. The van der Waals surface area contributed by atoms with Gasteiger partial charge in [0.05, 0.1) is 11.2 Å². The van der Waals surface area contributed by atoms with Crippen molar-refractivity contribution in [1.29, 1.82) is 0 Å². The van der Waals surface area contributed by atoms with Crippen molar-refractivity contribution in [2.24, 2.45) is 0 Å². The van der Waals surface area contributed by atoms with Crippen LogP contribution in [0.2, 0.25) is 0 Å². The van der Waals surface area contributed by atoms with E-state index in [4.69, 9.17) is 0 Å². The second kappa shape index (κ2) is 1.51. The Hall–Kier alpha value is -0.630. The second-order valence-electron chi connectivity index (χ2n) is 2.85. The van der Waals surface area contributed by atoms with Gasteiger partial charge in [-0.2, -0.15) is 0 Å². The predicted molar refractivity (Wildman–Crippen MR) is 42.1 cm³/mol. The van der Waals surface area contributed by atoms with Crippen molar-refractivity contribution in [3.05, 3.63) is 22.2 Å². The molecule has 0 fully saturated rings. The third-order valence-electron chi connectivity index (χ3n) is 2.38. The Labute approximate surface area is 63.4 Å². The molecule has 0 aromatic carbocycles. The van der Waals surface area contributed by atoms with E-state index in [-0.39, 0.29) is 0 Å². The zero-order valence-electron chi connectivity index (χ0n) is 5.50. The average Bonchev–Trinajstić information content (AvgIpc) is 2.42. The van der Waals surface area contributed by atoms with Crippen molar-refractivity contribution in [2.45, 2.75) is 18.8 Å². The maximum Gasteiger partial charge on any atom is 0.0812 e. The zero-order valence-corrected chi connectivity index (χ0v) is 6.32. The van der Waals surface area contributed by atoms with E-state index in [2.05, 4.69) is 11.1 Å². The summed E-state index contributed by atoms with van der Waals surface area (Å²) in [5, 5.41) is 0. The van der Waals surface area contributed by atoms with Gasteiger partial charge in [-0.05, 0) is 18.4 Å². The van der Waals surface area contributed by atoms with Gasteiger partial charge < -0.3 is 0 Å². The van der Waals surface area contributed by atoms with Crippen molar-refractivity contribution < 1.29 is 0 Å². The molecule has 0 aliphatic heterocycles. The third-order valence-corrected chi connectivity index (χ3v) is 3.32. The Morgan fingerprint density at radius 2 is 2.60 bits per heavy atom. The van der Waals surface area contributed by atoms with Crippen molar-refractivity contribution in [3.63, 3.8) is 0 Å². The predicted octanol–water partition coefficient (Wildman–Crippen LogP) is 2.42. The molecule has 0 saturated heterocycles. The van der Waals surface area contributed by atoms with E-state index in [9.17, 15) is 0 Å². The fourth-order valence-corrected chi connectivity index (χ4v) is 2.84. The van der Waals surface area contributed by atoms with E-state index in [1.807, 2.05) is 16.8 Å². The molecule has 2 aliphatic rings. The molecule has 10 heavy (non-hydrogen) atoms. The second-order valence-corrected chi connectivity index (χ2v) is 3.74. The molecule has 1 nitrogen and oxygen atoms in total. The molecule has 3 rings (SSSR count). The molecule has 1 unspecified atom stereocenters. The highest BCUT2D eigenvalue weighted by Crippen LogP contribution is 2.53. The molecule has 0 amide bonds. The minimum atomic E-state index is 0.794. The van der Waals surface area contributed by atoms with E-state index >= 15 is 0 Å². The molecule has 1 heterocycles. The lowest BCUT2D eigenvalue weighted by Crippen LogP contribution is -2.09. The van der Waals surface area contributed by atoms with Crippen molar-refractivity contribution >= 4 is 16.9 Å². The van der Waals surface area contributed by atoms with E-state index in [0.717, 1.165) is 5.92 Å². The molecule has 0 spiro atoms. The fourth-order valence-electron chi connectivity index (χ4n) is 1.88. The van der Waals surface area contributed by atoms with Crippen molar-refractivity contribution in [1.82, 2.24) is 4.98 Å². The first kappa shape index (κ1) is 5.08. The molecule has 0 N–H and O–H groups in total. The SMILES string of the molecule is C1=C2c3ncsc3C2CC1. The number of hydrogen-bond acceptors (Lipinski definition) is 2. The summed E-state index contributed by atoms with van der Waals surface area (Å²) in [5.74, 6) is 0.794. The number of fused-ring (bicyclic) bond motifs is 4. The Balaban J connectivity index is 2.27. The van der Waals surface area contributed by atoms with Gasteiger partial charge in [-0.1, -0.05) is 6.08 Å². The lowest BCUT2D eigenvalue weighted by molar-refractivity contribution is 0.787. The van der Waals surface area contributed by atoms with Gasteiger partial charge in [0.25, 0.3) is 0 Å². The summed E-state index contributed by atoms with van der Waals surface area (Å²) < 4.78 is 0. The van der Waals surface area contributed by atoms with Gasteiger partial charge in [0.2, 0.25) is 0 Å². The minimum Gasteiger partial charge on any atom is -0.245 e. The van der Waals surface area contributed by atoms with E-state index in [0.29, 0.717) is 0 Å². The van der Waals surface area contributed by atoms with Crippen LogP contribution in [0.3, 0.4) is 0 Å². The van der Waals surface area contributed by atoms with E-state index in [1.165, 1.54) is 29.0 Å². The highest BCUT2D eigenvalue weighted by Gasteiger charge is 2.36. The van der Waals surface area contributed by atoms with Gasteiger partial charge in [0, 0.05) is 10.8 Å². The van der Waals surface area contributed by atoms with Crippen molar-refractivity contribution in [2.75, 3.05) is 0 Å². The summed E-state index contributed by atoms with van der Waals surface area (Å²) in [6, 6.07) is 0. The fraction of sp³-hybridized carbons (Fsp3) is 0.375. The van der Waals surface area contributed by atoms with Gasteiger partial charge >= 0.3 is 0 Å². The number of allylic oxidation sites excluding steroid dienone is 2. The zero-order chi connectivity index (χ0) is 6.55. The number of hydrogen-bond donors (Lipinski definition) is 0. The van der Waals surface area contributed by atoms with E-state index in [1.54, 1.807) is 0 Å². The maximum atomic E-state index is 4.30. The van der Waals surface area contributed by atoms with Gasteiger partial charge in [-0.25, -0.2) is 4.98 Å². The first-order valence-electron chi connectivity index (χ1n) is 3.60. The van der Waals surface area contributed by atoms with Crippen LogP contribution in [-0.2, 0) is 0 Å². The Morgan fingerprint density at radius 3 is 3.60 bits per heavy atom. The topological polar surface area (TPSA) is 12.9 Å². The van der Waals surface area contributed by atoms with Crippen LogP contribution in [0, 0.1) is 0 Å². The third kappa shape index (κ3) is 0.399. The number of thiazole rings is 1. The molecule has 1 aromatic heterocycles. The van der Waals surface area contributed by atoms with Gasteiger partial charge in [0.1, 0.15) is 0 Å². The van der Waals surface area contributed by atoms with Crippen LogP contribution < -0.4 is 0 Å². The first-order chi connectivity index (χ1) is 4.97. The molecule has 50 valence electrons. The van der Waals surface area contributed by atoms with Gasteiger partial charge in [0.15, 0.2) is 0 Å². The minimum absolute atomic E-state index is 0.794. The first-order valence-corrected chi connectivity index (χ1v) is 4.48. The lowest BCUT2D eigenvalue weighted by Gasteiger charge is -2.23. The van der Waals surface area contributed by atoms with Crippen molar-refractivity contribution in [3.8, 4) is 0 Å². The lowest BCUT2D eigenvalue weighted by atomic mass is 9.85. The highest BCUT2D eigenvalue weighted by atomic mass is 32.1. The highest BCUT2D eigenvalue weighted by molar-refractivity contribution is 7.10. The number of nitrogens with zero attached hydrogens (tertiary/aromatic N) is 1. The molecule has 2 aliphatic carbocycles. The summed E-state index contributed by atoms with van der Waals surface area (Å²) in [6.45, 7) is 0. The smallest absolute Gasteiger partial charge is 0.0812 e. The maximum absolute atomic E-state index is 4.30. The van der Waals surface area contributed by atoms with Gasteiger partial charge in [-0.3, -0.25) is 0 Å². The standard InChI is InChI=1S/C8H7NS/c1-2-5-6(3-1)8-7(5)9-4-10-8/h2,4,6H,1,3H2. The molecule has 0 bridgehead atoms. The molecule has 2 heteroatoms. The number of aromatic nitrogens is 1. The summed E-state index contributed by atoms with van der Waals surface area (Å²) in [5.41, 5.74) is 4.79. The quantitative estimate of drug-likeness (QED) is 0.552. The van der Waals surface area contributed by atoms with Gasteiger partial charge in [-0.15, -0.1) is 11.3 Å². The van der Waals surface area contributed by atoms with Crippen LogP contribution >= 0.6 is 11.3 Å². The molecular formula is C8H7NS. The van der Waals surface area contributed by atoms with Crippen LogP contribution in [0.1, 0.15) is 29.3 Å². The summed E-state index contributed by atoms with van der Waals surface area (Å²) >= 11 is 1.82. The van der Waals surface area contributed by atoms with Crippen LogP contribution in [0.25, 0.3) is 5.57 Å². The number of rotatable bonds is 0. The largest absolute Gasteiger partial charge is 0.245 e. The van der Waals surface area contributed by atoms with E-state index < -0.39 is 0 Å². The van der Waals surface area contributed by atoms with Crippen LogP contribution in [0.4, 0.5) is 0 Å². The molecule has 0 saturated carbocycles.